The molecule has 2 N–H and O–H groups in total. The topological polar surface area (TPSA) is 50.4 Å². The van der Waals surface area contributed by atoms with Crippen molar-refractivity contribution in [3.8, 4) is 0 Å². The van der Waals surface area contributed by atoms with Gasteiger partial charge in [-0.15, -0.1) is 0 Å². The summed E-state index contributed by atoms with van der Waals surface area (Å²) in [6.07, 6.45) is -1.82. The van der Waals surface area contributed by atoms with Crippen LogP contribution in [0.2, 0.25) is 0 Å². The average molecular weight is 250 g/mol. The number of hydrogen-bond donors (Lipinski definition) is 2. The van der Waals surface area contributed by atoms with Crippen molar-refractivity contribution in [2.45, 2.75) is 57.7 Å². The average Bonchev–Trinajstić information content (AvgIpc) is 2.14. The third-order valence-corrected chi connectivity index (χ3v) is 2.48. The van der Waals surface area contributed by atoms with Crippen LogP contribution < -0.4 is 10.6 Å². The molecule has 4 nitrogen and oxygen atoms in total. The zero-order valence-electron chi connectivity index (χ0n) is 10.4. The Kier molecular flexibility index (Phi) is 4.68. The summed E-state index contributed by atoms with van der Waals surface area (Å²) in [5.41, 5.74) is -0.619. The van der Waals surface area contributed by atoms with Crippen LogP contribution in [0, 0.1) is 0 Å². The van der Waals surface area contributed by atoms with Crippen LogP contribution in [0.15, 0.2) is 0 Å². The summed E-state index contributed by atoms with van der Waals surface area (Å²) in [5, 5.41) is 5.22. The van der Waals surface area contributed by atoms with E-state index >= 15 is 0 Å². The summed E-state index contributed by atoms with van der Waals surface area (Å²) in [5.74, 6) is 0. The molecule has 0 radical (unpaired) electrons. The van der Waals surface area contributed by atoms with E-state index in [0.717, 1.165) is 6.42 Å². The number of piperidine rings is 1. The Bertz CT molecular complexity index is 267. The van der Waals surface area contributed by atoms with E-state index in [9.17, 15) is 13.6 Å². The fraction of sp³-hybridized carbons (Fsp3) is 0.909. The third kappa shape index (κ3) is 4.85. The monoisotopic (exact) mass is 250 g/mol. The number of alkyl halides is 2. The summed E-state index contributed by atoms with van der Waals surface area (Å²) in [6.45, 7) is 5.75. The molecule has 0 aromatic heterocycles. The molecule has 100 valence electrons. The molecule has 1 unspecified atom stereocenters. The highest BCUT2D eigenvalue weighted by Gasteiger charge is 2.33. The summed E-state index contributed by atoms with van der Waals surface area (Å²) in [6, 6.07) is -1.56. The Morgan fingerprint density at radius 1 is 1.47 bits per heavy atom. The summed E-state index contributed by atoms with van der Waals surface area (Å²) >= 11 is 0. The highest BCUT2D eigenvalue weighted by molar-refractivity contribution is 5.68. The molecule has 0 spiro atoms. The maximum atomic E-state index is 12.7. The second-order valence-electron chi connectivity index (χ2n) is 5.21. The van der Waals surface area contributed by atoms with E-state index < -0.39 is 30.2 Å². The van der Waals surface area contributed by atoms with Gasteiger partial charge in [-0.1, -0.05) is 0 Å². The van der Waals surface area contributed by atoms with E-state index in [0.29, 0.717) is 13.0 Å². The van der Waals surface area contributed by atoms with E-state index in [1.165, 1.54) is 0 Å². The minimum atomic E-state index is -2.49. The van der Waals surface area contributed by atoms with Crippen LogP contribution in [0.5, 0.6) is 0 Å². The number of hydrogen-bond acceptors (Lipinski definition) is 3. The summed E-state index contributed by atoms with van der Waals surface area (Å²) in [7, 11) is 0. The highest BCUT2D eigenvalue weighted by atomic mass is 19.3. The quantitative estimate of drug-likeness (QED) is 0.787. The first kappa shape index (κ1) is 14.2. The molecule has 1 aliphatic rings. The van der Waals surface area contributed by atoms with Crippen molar-refractivity contribution in [1.82, 2.24) is 10.6 Å². The Hall–Kier alpha value is -0.910. The van der Waals surface area contributed by atoms with Gasteiger partial charge in [0, 0.05) is 0 Å². The molecule has 0 saturated carbocycles. The number of halogens is 2. The number of carbonyl (C=O) groups excluding carboxylic acids is 1. The van der Waals surface area contributed by atoms with E-state index in [2.05, 4.69) is 10.6 Å². The number of ether oxygens (including phenoxy) is 1. The Morgan fingerprint density at radius 3 is 2.65 bits per heavy atom. The molecule has 1 rings (SSSR count). The van der Waals surface area contributed by atoms with Crippen molar-refractivity contribution < 1.29 is 18.3 Å². The van der Waals surface area contributed by atoms with Gasteiger partial charge in [-0.25, -0.2) is 13.6 Å². The normalized spacial score (nSPS) is 25.8. The minimum absolute atomic E-state index is 0.543. The SMILES string of the molecule is CC(C)(C)OC(=O)N[C@@H]1CCCNC1C(F)F. The molecule has 6 heteroatoms. The molecule has 1 fully saturated rings. The molecule has 0 aliphatic carbocycles. The lowest BCUT2D eigenvalue weighted by atomic mass is 9.99. The van der Waals surface area contributed by atoms with Crippen molar-refractivity contribution in [1.29, 1.82) is 0 Å². The Balaban J connectivity index is 2.50. The maximum absolute atomic E-state index is 12.7. The van der Waals surface area contributed by atoms with Crippen LogP contribution in [0.3, 0.4) is 0 Å². The number of rotatable bonds is 2. The molecule has 2 atom stereocenters. The van der Waals surface area contributed by atoms with Gasteiger partial charge in [0.2, 0.25) is 0 Å². The van der Waals surface area contributed by atoms with Gasteiger partial charge in [0.1, 0.15) is 5.60 Å². The predicted octanol–water partition coefficient (Wildman–Crippen LogP) is 1.90. The zero-order chi connectivity index (χ0) is 13.1. The summed E-state index contributed by atoms with van der Waals surface area (Å²) < 4.78 is 30.5. The van der Waals surface area contributed by atoms with Gasteiger partial charge in [-0.3, -0.25) is 0 Å². The van der Waals surface area contributed by atoms with Gasteiger partial charge in [-0.2, -0.15) is 0 Å². The number of amides is 1. The van der Waals surface area contributed by atoms with Gasteiger partial charge in [0.25, 0.3) is 6.43 Å². The molecule has 1 aliphatic heterocycles. The van der Waals surface area contributed by atoms with Gasteiger partial charge in [0.05, 0.1) is 12.1 Å². The molecule has 17 heavy (non-hydrogen) atoms. The second kappa shape index (κ2) is 5.62. The smallest absolute Gasteiger partial charge is 0.407 e. The van der Waals surface area contributed by atoms with E-state index in [1.54, 1.807) is 20.8 Å². The first-order valence-electron chi connectivity index (χ1n) is 5.80. The Morgan fingerprint density at radius 2 is 2.12 bits per heavy atom. The maximum Gasteiger partial charge on any atom is 0.407 e. The predicted molar refractivity (Wildman–Crippen MR) is 60.2 cm³/mol. The fourth-order valence-corrected chi connectivity index (χ4v) is 1.80. The van der Waals surface area contributed by atoms with E-state index in [4.69, 9.17) is 4.74 Å². The lowest BCUT2D eigenvalue weighted by Gasteiger charge is -2.33. The standard InChI is InChI=1S/C11H20F2N2O2/c1-11(2,3)17-10(16)15-7-5-4-6-14-8(7)9(12)13/h7-9,14H,4-6H2,1-3H3,(H,15,16)/t7-,8?/m1/s1. The van der Waals surface area contributed by atoms with Crippen molar-refractivity contribution in [3.05, 3.63) is 0 Å². The van der Waals surface area contributed by atoms with Crippen molar-refractivity contribution in [2.24, 2.45) is 0 Å². The van der Waals surface area contributed by atoms with Crippen LogP contribution in [0.1, 0.15) is 33.6 Å². The lowest BCUT2D eigenvalue weighted by Crippen LogP contribution is -2.57. The molecule has 0 aromatic rings. The van der Waals surface area contributed by atoms with Gasteiger partial charge in [-0.05, 0) is 40.2 Å². The Labute approximate surface area is 100 Å². The molecule has 1 heterocycles. The fourth-order valence-electron chi connectivity index (χ4n) is 1.80. The molecular formula is C11H20F2N2O2. The third-order valence-electron chi connectivity index (χ3n) is 2.48. The summed E-state index contributed by atoms with van der Waals surface area (Å²) in [4.78, 5) is 11.5. The second-order valence-corrected chi connectivity index (χ2v) is 5.21. The number of alkyl carbamates (subject to hydrolysis) is 1. The van der Waals surface area contributed by atoms with Crippen molar-refractivity contribution >= 4 is 6.09 Å². The van der Waals surface area contributed by atoms with E-state index in [-0.39, 0.29) is 0 Å². The highest BCUT2D eigenvalue weighted by Crippen LogP contribution is 2.16. The van der Waals surface area contributed by atoms with Crippen molar-refractivity contribution in [2.75, 3.05) is 6.54 Å². The first-order chi connectivity index (χ1) is 7.79. The van der Waals surface area contributed by atoms with Crippen LogP contribution >= 0.6 is 0 Å². The van der Waals surface area contributed by atoms with Crippen molar-refractivity contribution in [3.63, 3.8) is 0 Å². The molecule has 0 bridgehead atoms. The largest absolute Gasteiger partial charge is 0.444 e. The van der Waals surface area contributed by atoms with Crippen LogP contribution in [-0.4, -0.2) is 36.7 Å². The first-order valence-corrected chi connectivity index (χ1v) is 5.80. The number of nitrogens with one attached hydrogen (secondary N) is 2. The van der Waals surface area contributed by atoms with Crippen LogP contribution in [0.4, 0.5) is 13.6 Å². The van der Waals surface area contributed by atoms with Crippen LogP contribution in [0.25, 0.3) is 0 Å². The molecule has 0 aromatic carbocycles. The molecular weight excluding hydrogens is 230 g/mol. The van der Waals surface area contributed by atoms with Crippen LogP contribution in [-0.2, 0) is 4.74 Å². The van der Waals surface area contributed by atoms with E-state index in [1.807, 2.05) is 0 Å². The zero-order valence-corrected chi connectivity index (χ0v) is 10.4. The van der Waals surface area contributed by atoms with Gasteiger partial charge in [0.15, 0.2) is 0 Å². The number of carbonyl (C=O) groups is 1. The molecule has 1 amide bonds. The van der Waals surface area contributed by atoms with Gasteiger partial charge < -0.3 is 15.4 Å². The lowest BCUT2D eigenvalue weighted by molar-refractivity contribution is 0.0364. The molecule has 1 saturated heterocycles. The van der Waals surface area contributed by atoms with Gasteiger partial charge >= 0.3 is 6.09 Å². The minimum Gasteiger partial charge on any atom is -0.444 e.